The lowest BCUT2D eigenvalue weighted by molar-refractivity contribution is 0.0685. The molecule has 1 aliphatic rings. The van der Waals surface area contributed by atoms with Crippen molar-refractivity contribution in [3.8, 4) is 0 Å². The van der Waals surface area contributed by atoms with Crippen LogP contribution in [0.3, 0.4) is 0 Å². The first-order valence-corrected chi connectivity index (χ1v) is 5.84. The molecule has 1 saturated heterocycles. The summed E-state index contributed by atoms with van der Waals surface area (Å²) in [5, 5.41) is 14.9. The number of methoxy groups -OCH3 is 1. The van der Waals surface area contributed by atoms with Gasteiger partial charge in [-0.2, -0.15) is 0 Å². The van der Waals surface area contributed by atoms with Crippen LogP contribution in [0.25, 0.3) is 0 Å². The largest absolute Gasteiger partial charge is 0.476 e. The standard InChI is InChI=1S/C11H15N3O5/c1-18-11(17)12-7-2-3-14(5-7)6-8-4-9(10(15)16)13-19-8/h4,7H,2-3,5-6H2,1H3,(H,12,17)(H,15,16). The molecule has 2 N–H and O–H groups in total. The number of aromatic carboxylic acids is 1. The fraction of sp³-hybridized carbons (Fsp3) is 0.545. The maximum atomic E-state index is 11.1. The molecule has 19 heavy (non-hydrogen) atoms. The first-order chi connectivity index (χ1) is 9.08. The molecule has 1 aromatic rings. The number of hydrogen-bond donors (Lipinski definition) is 2. The van der Waals surface area contributed by atoms with Gasteiger partial charge in [0.1, 0.15) is 0 Å². The molecule has 1 aromatic heterocycles. The molecule has 0 spiro atoms. The first kappa shape index (κ1) is 13.3. The number of nitrogens with one attached hydrogen (secondary N) is 1. The van der Waals surface area contributed by atoms with Gasteiger partial charge >= 0.3 is 12.1 Å². The summed E-state index contributed by atoms with van der Waals surface area (Å²) in [6.45, 7) is 1.93. The Morgan fingerprint density at radius 2 is 2.47 bits per heavy atom. The highest BCUT2D eigenvalue weighted by molar-refractivity contribution is 5.85. The van der Waals surface area contributed by atoms with Crippen LogP contribution in [0.15, 0.2) is 10.6 Å². The number of carbonyl (C=O) groups excluding carboxylic acids is 1. The molecule has 0 bridgehead atoms. The van der Waals surface area contributed by atoms with Crippen LogP contribution in [0.1, 0.15) is 22.7 Å². The van der Waals surface area contributed by atoms with E-state index in [1.807, 2.05) is 4.90 Å². The lowest BCUT2D eigenvalue weighted by atomic mass is 10.3. The van der Waals surface area contributed by atoms with Crippen molar-refractivity contribution in [1.29, 1.82) is 0 Å². The van der Waals surface area contributed by atoms with Crippen molar-refractivity contribution in [2.45, 2.75) is 19.0 Å². The smallest absolute Gasteiger partial charge is 0.407 e. The molecular formula is C11H15N3O5. The summed E-state index contributed by atoms with van der Waals surface area (Å²) in [5.74, 6) is -0.613. The van der Waals surface area contributed by atoms with Crippen molar-refractivity contribution in [3.05, 3.63) is 17.5 Å². The average molecular weight is 269 g/mol. The highest BCUT2D eigenvalue weighted by atomic mass is 16.5. The summed E-state index contributed by atoms with van der Waals surface area (Å²) in [6, 6.07) is 1.44. The number of alkyl carbamates (subject to hydrolysis) is 1. The maximum absolute atomic E-state index is 11.1. The molecule has 1 aliphatic heterocycles. The van der Waals surface area contributed by atoms with Gasteiger partial charge in [0.15, 0.2) is 11.5 Å². The fourth-order valence-electron chi connectivity index (χ4n) is 2.03. The third kappa shape index (κ3) is 3.44. The summed E-state index contributed by atoms with van der Waals surface area (Å²) < 4.78 is 9.47. The second-order valence-corrected chi connectivity index (χ2v) is 4.34. The molecule has 1 amide bonds. The molecule has 1 unspecified atom stereocenters. The molecule has 0 aliphatic carbocycles. The monoisotopic (exact) mass is 269 g/mol. The van der Waals surface area contributed by atoms with Gasteiger partial charge in [0.05, 0.1) is 13.7 Å². The van der Waals surface area contributed by atoms with Crippen molar-refractivity contribution in [2.75, 3.05) is 20.2 Å². The number of likely N-dealkylation sites (tertiary alicyclic amines) is 1. The number of nitrogens with zero attached hydrogens (tertiary/aromatic N) is 2. The molecular weight excluding hydrogens is 254 g/mol. The second-order valence-electron chi connectivity index (χ2n) is 4.34. The van der Waals surface area contributed by atoms with E-state index in [9.17, 15) is 9.59 Å². The molecule has 2 rings (SSSR count). The Labute approximate surface area is 109 Å². The van der Waals surface area contributed by atoms with Crippen LogP contribution < -0.4 is 5.32 Å². The summed E-state index contributed by atoms with van der Waals surface area (Å²) in [5.41, 5.74) is -0.0987. The van der Waals surface area contributed by atoms with Gasteiger partial charge < -0.3 is 19.7 Å². The van der Waals surface area contributed by atoms with Gasteiger partial charge in [-0.15, -0.1) is 0 Å². The van der Waals surface area contributed by atoms with Gasteiger partial charge in [0.2, 0.25) is 0 Å². The Morgan fingerprint density at radius 3 is 3.11 bits per heavy atom. The van der Waals surface area contributed by atoms with Crippen molar-refractivity contribution in [3.63, 3.8) is 0 Å². The van der Waals surface area contributed by atoms with Gasteiger partial charge in [-0.1, -0.05) is 5.16 Å². The molecule has 0 saturated carbocycles. The fourth-order valence-corrected chi connectivity index (χ4v) is 2.03. The Balaban J connectivity index is 1.84. The van der Waals surface area contributed by atoms with E-state index in [1.54, 1.807) is 0 Å². The van der Waals surface area contributed by atoms with Crippen molar-refractivity contribution < 1.29 is 24.0 Å². The Morgan fingerprint density at radius 1 is 1.68 bits per heavy atom. The lowest BCUT2D eigenvalue weighted by Gasteiger charge is -2.14. The Kier molecular flexibility index (Phi) is 4.00. The molecule has 2 heterocycles. The molecule has 104 valence electrons. The minimum atomic E-state index is -1.11. The molecule has 1 atom stereocenters. The van der Waals surface area contributed by atoms with Gasteiger partial charge in [-0.3, -0.25) is 4.90 Å². The highest BCUT2D eigenvalue weighted by Crippen LogP contribution is 2.14. The van der Waals surface area contributed by atoms with Crippen LogP contribution in [0, 0.1) is 0 Å². The highest BCUT2D eigenvalue weighted by Gasteiger charge is 2.25. The third-order valence-electron chi connectivity index (χ3n) is 2.94. The average Bonchev–Trinajstić information content (AvgIpc) is 2.99. The molecule has 8 heteroatoms. The molecule has 0 radical (unpaired) electrons. The molecule has 1 fully saturated rings. The number of carboxylic acids is 1. The first-order valence-electron chi connectivity index (χ1n) is 5.84. The van der Waals surface area contributed by atoms with E-state index < -0.39 is 12.1 Å². The van der Waals surface area contributed by atoms with E-state index in [0.29, 0.717) is 18.8 Å². The number of carbonyl (C=O) groups is 2. The van der Waals surface area contributed by atoms with Crippen LogP contribution in [-0.4, -0.2) is 53.5 Å². The lowest BCUT2D eigenvalue weighted by Crippen LogP contribution is -2.36. The van der Waals surface area contributed by atoms with Crippen molar-refractivity contribution in [1.82, 2.24) is 15.4 Å². The quantitative estimate of drug-likeness (QED) is 0.810. The normalized spacial score (nSPS) is 19.3. The summed E-state index contributed by atoms with van der Waals surface area (Å²) in [4.78, 5) is 23.8. The van der Waals surface area contributed by atoms with E-state index in [4.69, 9.17) is 9.63 Å². The van der Waals surface area contributed by atoms with E-state index in [0.717, 1.165) is 13.0 Å². The van der Waals surface area contributed by atoms with Crippen LogP contribution in [-0.2, 0) is 11.3 Å². The number of carboxylic acid groups (broad SMARTS) is 1. The number of hydrogen-bond acceptors (Lipinski definition) is 6. The number of rotatable bonds is 4. The SMILES string of the molecule is COC(=O)NC1CCN(Cc2cc(C(=O)O)no2)C1. The van der Waals surface area contributed by atoms with Crippen molar-refractivity contribution in [2.24, 2.45) is 0 Å². The minimum absolute atomic E-state index is 0.0364. The number of ether oxygens (including phenoxy) is 1. The number of aromatic nitrogens is 1. The summed E-state index contributed by atoms with van der Waals surface area (Å²) in [7, 11) is 1.32. The molecule has 8 nitrogen and oxygen atoms in total. The van der Waals surface area contributed by atoms with E-state index in [2.05, 4.69) is 15.2 Å². The summed E-state index contributed by atoms with van der Waals surface area (Å²) >= 11 is 0. The van der Waals surface area contributed by atoms with Gasteiger partial charge in [-0.05, 0) is 6.42 Å². The zero-order chi connectivity index (χ0) is 13.8. The Hall–Kier alpha value is -2.09. The summed E-state index contributed by atoms with van der Waals surface area (Å²) in [6.07, 6.45) is 0.370. The molecule has 0 aromatic carbocycles. The van der Waals surface area contributed by atoms with Crippen LogP contribution in [0.5, 0.6) is 0 Å². The van der Waals surface area contributed by atoms with Gasteiger partial charge in [0.25, 0.3) is 0 Å². The van der Waals surface area contributed by atoms with Crippen LogP contribution in [0.4, 0.5) is 4.79 Å². The zero-order valence-electron chi connectivity index (χ0n) is 10.5. The zero-order valence-corrected chi connectivity index (χ0v) is 10.5. The minimum Gasteiger partial charge on any atom is -0.476 e. The van der Waals surface area contributed by atoms with Gasteiger partial charge in [-0.25, -0.2) is 9.59 Å². The van der Waals surface area contributed by atoms with Crippen molar-refractivity contribution >= 4 is 12.1 Å². The van der Waals surface area contributed by atoms with E-state index in [-0.39, 0.29) is 11.7 Å². The van der Waals surface area contributed by atoms with E-state index >= 15 is 0 Å². The second kappa shape index (κ2) is 5.70. The van der Waals surface area contributed by atoms with Crippen LogP contribution in [0.2, 0.25) is 0 Å². The number of amides is 1. The van der Waals surface area contributed by atoms with E-state index in [1.165, 1.54) is 13.2 Å². The Bertz CT molecular complexity index is 473. The van der Waals surface area contributed by atoms with Crippen LogP contribution >= 0.6 is 0 Å². The predicted octanol–water partition coefficient (Wildman–Crippen LogP) is 0.303. The van der Waals surface area contributed by atoms with Gasteiger partial charge in [0, 0.05) is 25.2 Å². The topological polar surface area (TPSA) is 105 Å². The predicted molar refractivity (Wildman–Crippen MR) is 62.7 cm³/mol. The maximum Gasteiger partial charge on any atom is 0.407 e. The third-order valence-corrected chi connectivity index (χ3v) is 2.94.